The number of rotatable bonds is 8. The van der Waals surface area contributed by atoms with Gasteiger partial charge in [-0.15, -0.1) is 5.10 Å². The van der Waals surface area contributed by atoms with Crippen molar-refractivity contribution in [3.8, 4) is 11.3 Å². The topological polar surface area (TPSA) is 190 Å². The van der Waals surface area contributed by atoms with Crippen molar-refractivity contribution in [1.29, 1.82) is 0 Å². The van der Waals surface area contributed by atoms with Crippen LogP contribution >= 0.6 is 0 Å². The van der Waals surface area contributed by atoms with Crippen molar-refractivity contribution in [1.82, 2.24) is 20.3 Å². The third kappa shape index (κ3) is 6.18. The van der Waals surface area contributed by atoms with Crippen molar-refractivity contribution < 1.29 is 69.4 Å². The first kappa shape index (κ1) is 26.9. The van der Waals surface area contributed by atoms with Crippen LogP contribution in [0.25, 0.3) is 11.3 Å². The fraction of sp³-hybridized carbons (Fsp3) is 0.400. The Balaban J connectivity index is 0.00000385. The van der Waals surface area contributed by atoms with Gasteiger partial charge in [0.25, 0.3) is 0 Å². The molecule has 2 aromatic rings. The number of aliphatic carboxylic acids is 1. The minimum Gasteiger partial charge on any atom is -0.542 e. The zero-order chi connectivity index (χ0) is 23.4. The van der Waals surface area contributed by atoms with Crippen molar-refractivity contribution in [3.05, 3.63) is 47.9 Å². The van der Waals surface area contributed by atoms with Crippen molar-refractivity contribution in [2.24, 2.45) is 0 Å². The summed E-state index contributed by atoms with van der Waals surface area (Å²) in [6, 6.07) is 4.81. The van der Waals surface area contributed by atoms with Crippen LogP contribution in [0.5, 0.6) is 0 Å². The first-order valence-electron chi connectivity index (χ1n) is 9.71. The molecule has 3 rings (SSSR count). The average Bonchev–Trinajstić information content (AvgIpc) is 3.27. The molecule has 0 aliphatic carbocycles. The first-order chi connectivity index (χ1) is 15.2. The number of carbonyl (C=O) groups excluding carboxylic acids is 2. The summed E-state index contributed by atoms with van der Waals surface area (Å²) in [6.07, 6.45) is -2.18. The Morgan fingerprint density at radius 1 is 1.24 bits per heavy atom. The maximum absolute atomic E-state index is 11.8. The van der Waals surface area contributed by atoms with Crippen molar-refractivity contribution in [2.45, 2.75) is 43.9 Å². The zero-order valence-electron chi connectivity index (χ0n) is 18.0. The Morgan fingerprint density at radius 2 is 1.91 bits per heavy atom. The van der Waals surface area contributed by atoms with Gasteiger partial charge in [-0.2, -0.15) is 0 Å². The van der Waals surface area contributed by atoms with E-state index in [1.807, 2.05) is 0 Å². The molecule has 0 fully saturated rings. The summed E-state index contributed by atoms with van der Waals surface area (Å²) in [5.74, 6) is -2.81. The molecular formula is C20H23N4NaO8. The van der Waals surface area contributed by atoms with Crippen molar-refractivity contribution in [2.75, 3.05) is 6.61 Å². The number of nitrogens with one attached hydrogen (secondary N) is 1. The predicted molar refractivity (Wildman–Crippen MR) is 105 cm³/mol. The molecule has 1 amide bonds. The Morgan fingerprint density at radius 3 is 2.45 bits per heavy atom. The third-order valence-electron chi connectivity index (χ3n) is 5.04. The van der Waals surface area contributed by atoms with Gasteiger partial charge in [-0.3, -0.25) is 4.79 Å². The summed E-state index contributed by atoms with van der Waals surface area (Å²) < 4.78 is 6.58. The van der Waals surface area contributed by atoms with E-state index >= 15 is 0 Å². The molecule has 1 aromatic carbocycles. The van der Waals surface area contributed by atoms with Gasteiger partial charge in [-0.25, -0.2) is 4.68 Å². The van der Waals surface area contributed by atoms with Crippen LogP contribution in [-0.4, -0.2) is 78.3 Å². The first-order valence-corrected chi connectivity index (χ1v) is 9.71. The standard InChI is InChI=1S/C20H24N4O8.Na/c1-10(27)21-17-14(6-16(20(30)31)32-19(17)18(29)15(28)9-26)24-7-13(22-23-24)12-4-2-11(8-25)3-5-12;/h2-7,14-15,17-19,25-26,28-29H,8-9H2,1H3,(H,21,27)(H,30,31);/q;+1/p-1/t14-,15+,17+,18+,19+;/m0./s1. The zero-order valence-corrected chi connectivity index (χ0v) is 20.0. The molecule has 0 saturated heterocycles. The second-order valence-corrected chi connectivity index (χ2v) is 7.30. The summed E-state index contributed by atoms with van der Waals surface area (Å²) >= 11 is 0. The van der Waals surface area contributed by atoms with Crippen LogP contribution in [0.2, 0.25) is 0 Å². The molecule has 2 heterocycles. The predicted octanol–water partition coefficient (Wildman–Crippen LogP) is -5.77. The van der Waals surface area contributed by atoms with Crippen LogP contribution in [-0.2, 0) is 20.9 Å². The summed E-state index contributed by atoms with van der Waals surface area (Å²) in [5, 5.41) is 60.9. The summed E-state index contributed by atoms with van der Waals surface area (Å²) in [7, 11) is 0. The number of ether oxygens (including phenoxy) is 1. The SMILES string of the molecule is CC(=O)N[C@H]1[C@H]([C@H](O)[C@H](O)CO)OC(C(=O)[O-])=C[C@@H]1n1cc(-c2ccc(CO)cc2)nn1.[Na+]. The molecule has 13 heteroatoms. The summed E-state index contributed by atoms with van der Waals surface area (Å²) in [6.45, 7) is 0.282. The van der Waals surface area contributed by atoms with E-state index in [1.165, 1.54) is 17.8 Å². The second-order valence-electron chi connectivity index (χ2n) is 7.30. The molecule has 0 bridgehead atoms. The third-order valence-corrected chi connectivity index (χ3v) is 5.04. The van der Waals surface area contributed by atoms with E-state index in [9.17, 15) is 35.1 Å². The van der Waals surface area contributed by atoms with Crippen molar-refractivity contribution >= 4 is 11.9 Å². The minimum atomic E-state index is -1.74. The molecule has 5 N–H and O–H groups in total. The van der Waals surface area contributed by atoms with Gasteiger partial charge in [0.2, 0.25) is 5.91 Å². The van der Waals surface area contributed by atoms with Crippen LogP contribution < -0.4 is 40.0 Å². The van der Waals surface area contributed by atoms with Gasteiger partial charge < -0.3 is 40.4 Å². The van der Waals surface area contributed by atoms with Crippen LogP contribution in [0.4, 0.5) is 0 Å². The van der Waals surface area contributed by atoms with Crippen LogP contribution in [0.3, 0.4) is 0 Å². The molecule has 12 nitrogen and oxygen atoms in total. The second kappa shape index (κ2) is 11.7. The van der Waals surface area contributed by atoms with E-state index in [4.69, 9.17) is 4.74 Å². The average molecular weight is 470 g/mol. The fourth-order valence-electron chi connectivity index (χ4n) is 3.42. The number of carbonyl (C=O) groups is 2. The quantitative estimate of drug-likeness (QED) is 0.232. The molecule has 0 unspecified atom stereocenters. The van der Waals surface area contributed by atoms with Gasteiger partial charge in [-0.05, 0) is 11.6 Å². The normalized spacial score (nSPS) is 21.7. The molecule has 1 aliphatic heterocycles. The number of hydrogen-bond acceptors (Lipinski definition) is 10. The largest absolute Gasteiger partial charge is 1.00 e. The summed E-state index contributed by atoms with van der Waals surface area (Å²) in [5.41, 5.74) is 1.81. The van der Waals surface area contributed by atoms with Gasteiger partial charge in [0.05, 0.1) is 31.5 Å². The number of aromatic nitrogens is 3. The van der Waals surface area contributed by atoms with E-state index in [2.05, 4.69) is 15.6 Å². The molecule has 1 aromatic heterocycles. The fourth-order valence-corrected chi connectivity index (χ4v) is 3.42. The van der Waals surface area contributed by atoms with Gasteiger partial charge in [-0.1, -0.05) is 29.5 Å². The van der Waals surface area contributed by atoms with E-state index in [1.54, 1.807) is 24.3 Å². The number of carboxylic acid groups (broad SMARTS) is 1. The molecule has 0 spiro atoms. The number of amides is 1. The van der Waals surface area contributed by atoms with Gasteiger partial charge in [0.15, 0.2) is 0 Å². The van der Waals surface area contributed by atoms with E-state index in [-0.39, 0.29) is 36.2 Å². The van der Waals surface area contributed by atoms with E-state index in [0.29, 0.717) is 16.8 Å². The number of aliphatic hydroxyl groups excluding tert-OH is 4. The molecule has 172 valence electrons. The number of nitrogens with zero attached hydrogens (tertiary/aromatic N) is 3. The molecule has 5 atom stereocenters. The van der Waals surface area contributed by atoms with Crippen LogP contribution in [0, 0.1) is 0 Å². The molecule has 0 radical (unpaired) electrons. The van der Waals surface area contributed by atoms with Crippen LogP contribution in [0.15, 0.2) is 42.3 Å². The Bertz CT molecular complexity index is 996. The van der Waals surface area contributed by atoms with Crippen LogP contribution in [0.1, 0.15) is 18.5 Å². The molecule has 0 saturated carbocycles. The molecular weight excluding hydrogens is 447 g/mol. The number of hydrogen-bond donors (Lipinski definition) is 5. The van der Waals surface area contributed by atoms with Gasteiger partial charge in [0, 0.05) is 12.5 Å². The van der Waals surface area contributed by atoms with Crippen molar-refractivity contribution in [3.63, 3.8) is 0 Å². The van der Waals surface area contributed by atoms with Gasteiger partial charge >= 0.3 is 29.6 Å². The minimum absolute atomic E-state index is 0. The molecule has 33 heavy (non-hydrogen) atoms. The Labute approximate surface area is 210 Å². The van der Waals surface area contributed by atoms with Gasteiger partial charge in [0.1, 0.15) is 35.7 Å². The smallest absolute Gasteiger partial charge is 0.542 e. The molecule has 1 aliphatic rings. The number of carboxylic acids is 1. The number of aliphatic hydroxyl groups is 4. The Kier molecular flexibility index (Phi) is 9.55. The van der Waals surface area contributed by atoms with E-state index in [0.717, 1.165) is 6.08 Å². The summed E-state index contributed by atoms with van der Waals surface area (Å²) in [4.78, 5) is 23.3. The number of benzene rings is 1. The maximum Gasteiger partial charge on any atom is 1.00 e. The maximum atomic E-state index is 11.8. The monoisotopic (exact) mass is 470 g/mol. The Hall–Kier alpha value is -2.32. The van der Waals surface area contributed by atoms with E-state index < -0.39 is 54.6 Å².